The number of hydrogen-bond acceptors (Lipinski definition) is 2. The first-order valence-electron chi connectivity index (χ1n) is 5.33. The number of carboxylic acid groups (broad SMARTS) is 1. The summed E-state index contributed by atoms with van der Waals surface area (Å²) in [5.74, 6) is -0.559. The van der Waals surface area contributed by atoms with E-state index in [1.54, 1.807) is 6.20 Å². The summed E-state index contributed by atoms with van der Waals surface area (Å²) in [6.45, 7) is 2.01. The summed E-state index contributed by atoms with van der Waals surface area (Å²) < 4.78 is 0. The molecule has 0 spiro atoms. The smallest absolute Gasteiger partial charge is 0.316 e. The van der Waals surface area contributed by atoms with Crippen LogP contribution in [0.5, 0.6) is 0 Å². The third-order valence-corrected chi connectivity index (χ3v) is 3.55. The number of aromatic nitrogens is 1. The van der Waals surface area contributed by atoms with Crippen molar-refractivity contribution in [1.82, 2.24) is 4.98 Å². The molecule has 0 aliphatic heterocycles. The van der Waals surface area contributed by atoms with Crippen LogP contribution >= 0.6 is 0 Å². The van der Waals surface area contributed by atoms with Gasteiger partial charge in [0, 0.05) is 6.20 Å². The van der Waals surface area contributed by atoms with E-state index in [0.717, 1.165) is 12.8 Å². The molecule has 0 radical (unpaired) electrons. The average molecular weight is 205 g/mol. The fourth-order valence-corrected chi connectivity index (χ4v) is 2.61. The Morgan fingerprint density at radius 3 is 2.87 bits per heavy atom. The Morgan fingerprint density at radius 1 is 1.60 bits per heavy atom. The predicted molar refractivity (Wildman–Crippen MR) is 56.6 cm³/mol. The van der Waals surface area contributed by atoms with Gasteiger partial charge in [0.1, 0.15) is 5.41 Å². The Kier molecular flexibility index (Phi) is 2.47. The second-order valence-corrected chi connectivity index (χ2v) is 4.28. The molecule has 15 heavy (non-hydrogen) atoms. The topological polar surface area (TPSA) is 50.2 Å². The van der Waals surface area contributed by atoms with Gasteiger partial charge in [0.2, 0.25) is 0 Å². The summed E-state index contributed by atoms with van der Waals surface area (Å²) >= 11 is 0. The molecule has 3 nitrogen and oxygen atoms in total. The first kappa shape index (κ1) is 10.1. The molecular weight excluding hydrogens is 190 g/mol. The maximum atomic E-state index is 11.5. The lowest BCUT2D eigenvalue weighted by Crippen LogP contribution is -2.39. The third-order valence-electron chi connectivity index (χ3n) is 3.55. The molecule has 0 aromatic carbocycles. The normalized spacial score (nSPS) is 30.3. The maximum Gasteiger partial charge on any atom is 0.316 e. The molecule has 2 rings (SSSR count). The highest BCUT2D eigenvalue weighted by Crippen LogP contribution is 2.44. The summed E-state index contributed by atoms with van der Waals surface area (Å²) in [4.78, 5) is 15.7. The number of hydrogen-bond donors (Lipinski definition) is 1. The van der Waals surface area contributed by atoms with E-state index in [9.17, 15) is 9.90 Å². The molecule has 0 saturated heterocycles. The van der Waals surface area contributed by atoms with E-state index in [-0.39, 0.29) is 5.92 Å². The number of carboxylic acids is 1. The molecule has 1 heterocycles. The minimum Gasteiger partial charge on any atom is -0.481 e. The van der Waals surface area contributed by atoms with Crippen molar-refractivity contribution < 1.29 is 9.90 Å². The van der Waals surface area contributed by atoms with Crippen molar-refractivity contribution in [3.05, 3.63) is 30.1 Å². The largest absolute Gasteiger partial charge is 0.481 e. The molecule has 0 amide bonds. The Balaban J connectivity index is 2.49. The van der Waals surface area contributed by atoms with Gasteiger partial charge in [0.05, 0.1) is 5.69 Å². The zero-order valence-electron chi connectivity index (χ0n) is 8.81. The van der Waals surface area contributed by atoms with Gasteiger partial charge in [-0.05, 0) is 30.9 Å². The molecule has 1 aliphatic rings. The summed E-state index contributed by atoms with van der Waals surface area (Å²) in [6.07, 6.45) is 4.33. The van der Waals surface area contributed by atoms with Crippen LogP contribution in [0.3, 0.4) is 0 Å². The van der Waals surface area contributed by atoms with Gasteiger partial charge < -0.3 is 5.11 Å². The molecule has 2 unspecified atom stereocenters. The lowest BCUT2D eigenvalue weighted by atomic mass is 9.75. The average Bonchev–Trinajstić information content (AvgIpc) is 2.62. The fraction of sp³-hybridized carbons (Fsp3) is 0.500. The number of carbonyl (C=O) groups is 1. The zero-order valence-corrected chi connectivity index (χ0v) is 8.81. The Labute approximate surface area is 89.2 Å². The second kappa shape index (κ2) is 3.65. The molecule has 1 N–H and O–H groups in total. The van der Waals surface area contributed by atoms with E-state index in [1.807, 2.05) is 25.1 Å². The van der Waals surface area contributed by atoms with Crippen molar-refractivity contribution in [1.29, 1.82) is 0 Å². The maximum absolute atomic E-state index is 11.5. The summed E-state index contributed by atoms with van der Waals surface area (Å²) in [7, 11) is 0. The molecule has 1 aromatic heterocycles. The molecule has 1 saturated carbocycles. The lowest BCUT2D eigenvalue weighted by Gasteiger charge is -2.28. The van der Waals surface area contributed by atoms with Crippen molar-refractivity contribution in [3.8, 4) is 0 Å². The van der Waals surface area contributed by atoms with Crippen LogP contribution in [0.4, 0.5) is 0 Å². The van der Waals surface area contributed by atoms with Crippen molar-refractivity contribution >= 4 is 5.97 Å². The van der Waals surface area contributed by atoms with Crippen LogP contribution < -0.4 is 0 Å². The second-order valence-electron chi connectivity index (χ2n) is 4.28. The van der Waals surface area contributed by atoms with E-state index in [1.165, 1.54) is 0 Å². The number of aliphatic carboxylic acids is 1. The van der Waals surface area contributed by atoms with Gasteiger partial charge in [-0.15, -0.1) is 0 Å². The minimum absolute atomic E-state index is 0.171. The molecule has 1 aromatic rings. The van der Waals surface area contributed by atoms with Crippen molar-refractivity contribution in [2.45, 2.75) is 31.6 Å². The van der Waals surface area contributed by atoms with Gasteiger partial charge >= 0.3 is 5.97 Å². The van der Waals surface area contributed by atoms with Crippen molar-refractivity contribution in [2.24, 2.45) is 5.92 Å². The third kappa shape index (κ3) is 1.42. The Morgan fingerprint density at radius 2 is 2.40 bits per heavy atom. The van der Waals surface area contributed by atoms with E-state index in [2.05, 4.69) is 4.98 Å². The Bertz CT molecular complexity index is 363. The quantitative estimate of drug-likeness (QED) is 0.805. The van der Waals surface area contributed by atoms with Crippen molar-refractivity contribution in [2.75, 3.05) is 0 Å². The van der Waals surface area contributed by atoms with Crippen LogP contribution in [0.2, 0.25) is 0 Å². The summed E-state index contributed by atoms with van der Waals surface area (Å²) in [5, 5.41) is 9.45. The number of pyridine rings is 1. The predicted octanol–water partition coefficient (Wildman–Crippen LogP) is 2.22. The minimum atomic E-state index is -0.749. The first-order chi connectivity index (χ1) is 7.18. The van der Waals surface area contributed by atoms with E-state index in [0.29, 0.717) is 12.1 Å². The summed E-state index contributed by atoms with van der Waals surface area (Å²) in [5.41, 5.74) is -0.0381. The van der Waals surface area contributed by atoms with E-state index >= 15 is 0 Å². The highest BCUT2D eigenvalue weighted by atomic mass is 16.4. The molecule has 80 valence electrons. The van der Waals surface area contributed by atoms with Gasteiger partial charge in [-0.25, -0.2) is 0 Å². The molecule has 1 aliphatic carbocycles. The standard InChI is InChI=1S/C12H15NO2/c1-9-5-4-7-12(9,11(14)15)10-6-2-3-8-13-10/h2-3,6,8-9H,4-5,7H2,1H3,(H,14,15). The number of rotatable bonds is 2. The molecule has 0 bridgehead atoms. The number of nitrogens with zero attached hydrogens (tertiary/aromatic N) is 1. The van der Waals surface area contributed by atoms with Crippen molar-refractivity contribution in [3.63, 3.8) is 0 Å². The van der Waals surface area contributed by atoms with Gasteiger partial charge in [-0.2, -0.15) is 0 Å². The molecule has 2 atom stereocenters. The SMILES string of the molecule is CC1CCCC1(C(=O)O)c1ccccn1. The molecular formula is C12H15NO2. The van der Waals surface area contributed by atoms with Crippen LogP contribution in [-0.2, 0) is 10.2 Å². The lowest BCUT2D eigenvalue weighted by molar-refractivity contribution is -0.145. The first-order valence-corrected chi connectivity index (χ1v) is 5.33. The summed E-state index contributed by atoms with van der Waals surface area (Å²) in [6, 6.07) is 5.51. The van der Waals surface area contributed by atoms with Gasteiger partial charge in [0.15, 0.2) is 0 Å². The van der Waals surface area contributed by atoms with Gasteiger partial charge in [-0.1, -0.05) is 19.4 Å². The van der Waals surface area contributed by atoms with E-state index < -0.39 is 11.4 Å². The monoisotopic (exact) mass is 205 g/mol. The van der Waals surface area contributed by atoms with Crippen LogP contribution in [-0.4, -0.2) is 16.1 Å². The van der Waals surface area contributed by atoms with Crippen LogP contribution in [0.15, 0.2) is 24.4 Å². The van der Waals surface area contributed by atoms with Crippen LogP contribution in [0.1, 0.15) is 31.9 Å². The zero-order chi connectivity index (χ0) is 10.9. The highest BCUT2D eigenvalue weighted by molar-refractivity contribution is 5.81. The Hall–Kier alpha value is -1.38. The van der Waals surface area contributed by atoms with Gasteiger partial charge in [0.25, 0.3) is 0 Å². The van der Waals surface area contributed by atoms with Gasteiger partial charge in [-0.3, -0.25) is 9.78 Å². The van der Waals surface area contributed by atoms with E-state index in [4.69, 9.17) is 0 Å². The molecule has 1 fully saturated rings. The highest BCUT2D eigenvalue weighted by Gasteiger charge is 2.49. The fourth-order valence-electron chi connectivity index (χ4n) is 2.61. The van der Waals surface area contributed by atoms with Crippen LogP contribution in [0, 0.1) is 5.92 Å². The molecule has 3 heteroatoms. The van der Waals surface area contributed by atoms with Crippen LogP contribution in [0.25, 0.3) is 0 Å².